The smallest absolute Gasteiger partial charge is 0.202 e. The zero-order chi connectivity index (χ0) is 11.2. The van der Waals surface area contributed by atoms with Crippen molar-refractivity contribution in [1.82, 2.24) is 0 Å². The van der Waals surface area contributed by atoms with E-state index in [9.17, 15) is 8.78 Å². The summed E-state index contributed by atoms with van der Waals surface area (Å²) in [6.07, 6.45) is 4.40. The van der Waals surface area contributed by atoms with Gasteiger partial charge in [0.2, 0.25) is 0 Å². The third kappa shape index (κ3) is 4.21. The third-order valence-electron chi connectivity index (χ3n) is 2.69. The first-order valence-corrected chi connectivity index (χ1v) is 5.47. The van der Waals surface area contributed by atoms with Crippen molar-refractivity contribution < 1.29 is 8.78 Å². The lowest BCUT2D eigenvalue weighted by molar-refractivity contribution is -0.0332. The Morgan fingerprint density at radius 3 is 2.21 bits per heavy atom. The predicted octanol–water partition coefficient (Wildman–Crippen LogP) is 4.66. The first-order chi connectivity index (χ1) is 6.45. The predicted molar refractivity (Wildman–Crippen MR) is 57.6 cm³/mol. The van der Waals surface area contributed by atoms with Gasteiger partial charge in [0, 0.05) is 5.92 Å². The van der Waals surface area contributed by atoms with Crippen molar-refractivity contribution in [3.8, 4) is 0 Å². The minimum absolute atomic E-state index is 0.0138. The molecule has 1 atom stereocenters. The molecule has 0 N–H and O–H groups in total. The molecule has 0 aliphatic heterocycles. The Kier molecular flexibility index (Phi) is 5.98. The minimum atomic E-state index is -2.71. The molecule has 0 aromatic carbocycles. The molecule has 0 aromatic heterocycles. The average molecular weight is 204 g/mol. The zero-order valence-electron chi connectivity index (χ0n) is 9.52. The summed E-state index contributed by atoms with van der Waals surface area (Å²) in [5.74, 6) is -3.24. The first-order valence-electron chi connectivity index (χ1n) is 5.47. The average Bonchev–Trinajstić information content (AvgIpc) is 2.11. The quantitative estimate of drug-likeness (QED) is 0.418. The summed E-state index contributed by atoms with van der Waals surface area (Å²) in [6.45, 7) is 9.00. The van der Waals surface area contributed by atoms with Gasteiger partial charge in [0.25, 0.3) is 5.92 Å². The molecule has 0 bridgehead atoms. The van der Waals surface area contributed by atoms with Gasteiger partial charge in [0.1, 0.15) is 0 Å². The molecule has 0 radical (unpaired) electrons. The Morgan fingerprint density at radius 2 is 1.86 bits per heavy atom. The second-order valence-corrected chi connectivity index (χ2v) is 4.22. The highest BCUT2D eigenvalue weighted by molar-refractivity contribution is 4.93. The lowest BCUT2D eigenvalue weighted by Crippen LogP contribution is -2.29. The standard InChI is InChI=1S/C12H22F2/c1-5-7-8-9-11(10(3)4)12(13,14)6-2/h6,10-11H,2,5,7-9H2,1,3-4H3. The number of halogens is 2. The highest BCUT2D eigenvalue weighted by Crippen LogP contribution is 2.35. The second kappa shape index (κ2) is 6.15. The monoisotopic (exact) mass is 204 g/mol. The molecule has 0 aliphatic carbocycles. The normalized spacial score (nSPS) is 14.4. The van der Waals surface area contributed by atoms with E-state index in [1.54, 1.807) is 0 Å². The van der Waals surface area contributed by atoms with Crippen LogP contribution in [-0.2, 0) is 0 Å². The summed E-state index contributed by atoms with van der Waals surface area (Å²) >= 11 is 0. The number of hydrogen-bond acceptors (Lipinski definition) is 0. The lowest BCUT2D eigenvalue weighted by Gasteiger charge is -2.27. The Labute approximate surface area is 86.4 Å². The highest BCUT2D eigenvalue weighted by atomic mass is 19.3. The van der Waals surface area contributed by atoms with Crippen molar-refractivity contribution in [3.63, 3.8) is 0 Å². The summed E-state index contributed by atoms with van der Waals surface area (Å²) in [7, 11) is 0. The van der Waals surface area contributed by atoms with Gasteiger partial charge in [-0.1, -0.05) is 46.6 Å². The van der Waals surface area contributed by atoms with E-state index in [2.05, 4.69) is 13.5 Å². The van der Waals surface area contributed by atoms with Gasteiger partial charge in [0.05, 0.1) is 0 Å². The fourth-order valence-electron chi connectivity index (χ4n) is 1.74. The van der Waals surface area contributed by atoms with Crippen LogP contribution in [0.4, 0.5) is 8.78 Å². The Balaban J connectivity index is 4.22. The van der Waals surface area contributed by atoms with E-state index in [1.807, 2.05) is 13.8 Å². The Hall–Kier alpha value is -0.400. The molecule has 0 amide bonds. The van der Waals surface area contributed by atoms with Crippen LogP contribution in [0.5, 0.6) is 0 Å². The molecule has 14 heavy (non-hydrogen) atoms. The summed E-state index contributed by atoms with van der Waals surface area (Å²) in [5.41, 5.74) is 0. The van der Waals surface area contributed by atoms with Crippen LogP contribution < -0.4 is 0 Å². The molecule has 0 rings (SSSR count). The van der Waals surface area contributed by atoms with Crippen LogP contribution >= 0.6 is 0 Å². The highest BCUT2D eigenvalue weighted by Gasteiger charge is 2.37. The first kappa shape index (κ1) is 13.6. The summed E-state index contributed by atoms with van der Waals surface area (Å²) in [6, 6.07) is 0. The molecular formula is C12H22F2. The topological polar surface area (TPSA) is 0 Å². The molecular weight excluding hydrogens is 182 g/mol. The molecule has 1 unspecified atom stereocenters. The van der Waals surface area contributed by atoms with Crippen molar-refractivity contribution >= 4 is 0 Å². The van der Waals surface area contributed by atoms with E-state index in [-0.39, 0.29) is 5.92 Å². The van der Waals surface area contributed by atoms with Crippen LogP contribution in [0.1, 0.15) is 46.5 Å². The molecule has 2 heteroatoms. The SMILES string of the molecule is C=CC(F)(F)C(CCCCC)C(C)C. The van der Waals surface area contributed by atoms with Gasteiger partial charge in [-0.05, 0) is 18.4 Å². The van der Waals surface area contributed by atoms with E-state index in [1.165, 1.54) is 0 Å². The fourth-order valence-corrected chi connectivity index (χ4v) is 1.74. The van der Waals surface area contributed by atoms with Crippen LogP contribution in [0, 0.1) is 11.8 Å². The molecule has 84 valence electrons. The molecule has 0 aromatic rings. The van der Waals surface area contributed by atoms with Crippen LogP contribution in [-0.4, -0.2) is 5.92 Å². The van der Waals surface area contributed by atoms with Crippen molar-refractivity contribution in [2.24, 2.45) is 11.8 Å². The Bertz CT molecular complexity index is 162. The molecule has 0 nitrogen and oxygen atoms in total. The molecule has 0 saturated carbocycles. The maximum atomic E-state index is 13.4. The summed E-state index contributed by atoms with van der Waals surface area (Å²) < 4.78 is 26.8. The second-order valence-electron chi connectivity index (χ2n) is 4.22. The van der Waals surface area contributed by atoms with Gasteiger partial charge in [0.15, 0.2) is 0 Å². The van der Waals surface area contributed by atoms with Gasteiger partial charge in [-0.2, -0.15) is 0 Å². The van der Waals surface area contributed by atoms with Crippen LogP contribution in [0.25, 0.3) is 0 Å². The number of rotatable bonds is 7. The largest absolute Gasteiger partial charge is 0.269 e. The van der Waals surface area contributed by atoms with Crippen molar-refractivity contribution in [3.05, 3.63) is 12.7 Å². The van der Waals surface area contributed by atoms with Gasteiger partial charge >= 0.3 is 0 Å². The fraction of sp³-hybridized carbons (Fsp3) is 0.833. The number of unbranched alkanes of at least 4 members (excludes halogenated alkanes) is 2. The summed E-state index contributed by atoms with van der Waals surface area (Å²) in [4.78, 5) is 0. The van der Waals surface area contributed by atoms with Gasteiger partial charge < -0.3 is 0 Å². The van der Waals surface area contributed by atoms with Crippen molar-refractivity contribution in [1.29, 1.82) is 0 Å². The zero-order valence-corrected chi connectivity index (χ0v) is 9.52. The lowest BCUT2D eigenvalue weighted by atomic mass is 9.85. The van der Waals surface area contributed by atoms with Crippen molar-refractivity contribution in [2.75, 3.05) is 0 Å². The van der Waals surface area contributed by atoms with E-state index < -0.39 is 11.8 Å². The Morgan fingerprint density at radius 1 is 1.29 bits per heavy atom. The molecule has 0 heterocycles. The van der Waals surface area contributed by atoms with Crippen molar-refractivity contribution in [2.45, 2.75) is 52.4 Å². The number of alkyl halides is 2. The van der Waals surface area contributed by atoms with Crippen LogP contribution in [0.15, 0.2) is 12.7 Å². The maximum Gasteiger partial charge on any atom is 0.269 e. The van der Waals surface area contributed by atoms with E-state index in [4.69, 9.17) is 0 Å². The van der Waals surface area contributed by atoms with Gasteiger partial charge in [-0.3, -0.25) is 0 Å². The van der Waals surface area contributed by atoms with E-state index in [0.29, 0.717) is 6.42 Å². The summed E-state index contributed by atoms with van der Waals surface area (Å²) in [5, 5.41) is 0. The van der Waals surface area contributed by atoms with Gasteiger partial charge in [-0.25, -0.2) is 8.78 Å². The minimum Gasteiger partial charge on any atom is -0.202 e. The van der Waals surface area contributed by atoms with Gasteiger partial charge in [-0.15, -0.1) is 0 Å². The van der Waals surface area contributed by atoms with E-state index >= 15 is 0 Å². The third-order valence-corrected chi connectivity index (χ3v) is 2.69. The van der Waals surface area contributed by atoms with E-state index in [0.717, 1.165) is 25.3 Å². The maximum absolute atomic E-state index is 13.4. The van der Waals surface area contributed by atoms with Crippen LogP contribution in [0.2, 0.25) is 0 Å². The number of allylic oxidation sites excluding steroid dienone is 1. The number of hydrogen-bond donors (Lipinski definition) is 0. The molecule has 0 aliphatic rings. The van der Waals surface area contributed by atoms with Crippen LogP contribution in [0.3, 0.4) is 0 Å². The molecule has 0 fully saturated rings. The molecule has 0 spiro atoms. The molecule has 0 saturated heterocycles.